The van der Waals surface area contributed by atoms with Crippen molar-refractivity contribution in [3.8, 4) is 22.8 Å². The van der Waals surface area contributed by atoms with Gasteiger partial charge in [-0.05, 0) is 31.2 Å². The van der Waals surface area contributed by atoms with Gasteiger partial charge >= 0.3 is 0 Å². The van der Waals surface area contributed by atoms with Gasteiger partial charge in [-0.2, -0.15) is 9.36 Å². The average Bonchev–Trinajstić information content (AvgIpc) is 3.37. The van der Waals surface area contributed by atoms with Gasteiger partial charge in [0.1, 0.15) is 0 Å². The molecule has 0 spiro atoms. The molecule has 0 amide bonds. The molecule has 32 heavy (non-hydrogen) atoms. The molecule has 6 nitrogen and oxygen atoms in total. The minimum Gasteiger partial charge on any atom is -0.368 e. The van der Waals surface area contributed by atoms with Crippen molar-refractivity contribution in [3.05, 3.63) is 84.7 Å². The number of nitrogens with zero attached hydrogens (tertiary/aromatic N) is 6. The Bertz CT molecular complexity index is 1180. The minimum absolute atomic E-state index is 0.807. The van der Waals surface area contributed by atoms with Gasteiger partial charge in [-0.3, -0.25) is 9.97 Å². The Labute approximate surface area is 192 Å². The Morgan fingerprint density at radius 3 is 2.34 bits per heavy atom. The van der Waals surface area contributed by atoms with E-state index in [1.807, 2.05) is 48.7 Å². The summed E-state index contributed by atoms with van der Waals surface area (Å²) in [6.07, 6.45) is 5.91. The molecule has 0 atom stereocenters. The summed E-state index contributed by atoms with van der Waals surface area (Å²) < 4.78 is 4.56. The van der Waals surface area contributed by atoms with Crippen molar-refractivity contribution < 1.29 is 0 Å². The summed E-state index contributed by atoms with van der Waals surface area (Å²) in [5.41, 5.74) is 5.18. The smallest absolute Gasteiger partial charge is 0.205 e. The Balaban J connectivity index is 1.25. The van der Waals surface area contributed by atoms with E-state index in [2.05, 4.69) is 55.3 Å². The van der Waals surface area contributed by atoms with Crippen molar-refractivity contribution in [2.24, 2.45) is 0 Å². The monoisotopic (exact) mass is 440 g/mol. The normalized spacial score (nSPS) is 14.6. The van der Waals surface area contributed by atoms with Gasteiger partial charge in [0.05, 0.1) is 11.4 Å². The fraction of sp³-hybridized carbons (Fsp3) is 0.200. The van der Waals surface area contributed by atoms with Crippen LogP contribution in [0.25, 0.3) is 28.5 Å². The van der Waals surface area contributed by atoms with Crippen LogP contribution in [-0.4, -0.2) is 50.4 Å². The number of anilines is 1. The van der Waals surface area contributed by atoms with E-state index in [1.54, 1.807) is 6.20 Å². The van der Waals surface area contributed by atoms with E-state index < -0.39 is 0 Å². The number of hydrogen-bond donors (Lipinski definition) is 0. The van der Waals surface area contributed by atoms with Crippen molar-refractivity contribution >= 4 is 22.4 Å². The topological polar surface area (TPSA) is 58.0 Å². The Hall–Kier alpha value is -3.58. The van der Waals surface area contributed by atoms with E-state index in [9.17, 15) is 0 Å². The molecule has 4 heterocycles. The average molecular weight is 441 g/mol. The van der Waals surface area contributed by atoms with Crippen LogP contribution in [0, 0.1) is 0 Å². The predicted octanol–water partition coefficient (Wildman–Crippen LogP) is 4.85. The number of rotatable bonds is 5. The fourth-order valence-electron chi connectivity index (χ4n) is 3.93. The summed E-state index contributed by atoms with van der Waals surface area (Å²) in [6.45, 7) is 5.79. The summed E-state index contributed by atoms with van der Waals surface area (Å²) in [4.78, 5) is 18.6. The molecular weight excluding hydrogens is 416 g/mol. The molecule has 160 valence electrons. The van der Waals surface area contributed by atoms with Gasteiger partial charge in [-0.1, -0.05) is 42.5 Å². The summed E-state index contributed by atoms with van der Waals surface area (Å²) >= 11 is 1.48. The Morgan fingerprint density at radius 1 is 0.875 bits per heavy atom. The largest absolute Gasteiger partial charge is 0.368 e. The number of aromatic nitrogens is 4. The van der Waals surface area contributed by atoms with Gasteiger partial charge in [0.15, 0.2) is 5.82 Å². The summed E-state index contributed by atoms with van der Waals surface area (Å²) in [7, 11) is 0. The predicted molar refractivity (Wildman–Crippen MR) is 130 cm³/mol. The molecule has 0 aliphatic carbocycles. The van der Waals surface area contributed by atoms with Crippen LogP contribution in [0.3, 0.4) is 0 Å². The second kappa shape index (κ2) is 9.28. The summed E-state index contributed by atoms with van der Waals surface area (Å²) in [5.74, 6) is 0.807. The van der Waals surface area contributed by atoms with Crippen LogP contribution < -0.4 is 4.90 Å². The van der Waals surface area contributed by atoms with Crippen molar-refractivity contribution in [2.75, 3.05) is 31.1 Å². The second-order valence-electron chi connectivity index (χ2n) is 7.56. The van der Waals surface area contributed by atoms with Gasteiger partial charge in [-0.25, -0.2) is 0 Å². The highest BCUT2D eigenvalue weighted by Crippen LogP contribution is 2.27. The maximum absolute atomic E-state index is 4.78. The molecule has 1 aromatic carbocycles. The fourth-order valence-corrected chi connectivity index (χ4v) is 4.67. The standard InChI is InChI=1S/C25H24N6S/c1-2-23(20-11-12-22(27-18-20)21-10-6-7-13-26-21)30-14-16-31(17-15-30)25-28-24(29-32-25)19-8-4-3-5-9-19/h2-13,18H,14-17H2,1H3/b23-2-. The number of allylic oxidation sites excluding steroid dienone is 1. The van der Waals surface area contributed by atoms with E-state index in [4.69, 9.17) is 4.98 Å². The van der Waals surface area contributed by atoms with Crippen molar-refractivity contribution in [2.45, 2.75) is 6.92 Å². The van der Waals surface area contributed by atoms with Gasteiger partial charge in [0, 0.05) is 66.9 Å². The third kappa shape index (κ3) is 4.24. The third-order valence-corrected chi connectivity index (χ3v) is 6.38. The van der Waals surface area contributed by atoms with Gasteiger partial charge in [-0.15, -0.1) is 0 Å². The molecule has 1 saturated heterocycles. The van der Waals surface area contributed by atoms with Crippen LogP contribution in [0.4, 0.5) is 5.13 Å². The van der Waals surface area contributed by atoms with E-state index in [0.717, 1.165) is 59.6 Å². The highest BCUT2D eigenvalue weighted by atomic mass is 32.1. The van der Waals surface area contributed by atoms with Crippen LogP contribution in [0.15, 0.2) is 79.1 Å². The highest BCUT2D eigenvalue weighted by molar-refractivity contribution is 7.09. The first-order valence-corrected chi connectivity index (χ1v) is 11.5. The van der Waals surface area contributed by atoms with E-state index in [1.165, 1.54) is 17.2 Å². The Morgan fingerprint density at radius 2 is 1.66 bits per heavy atom. The molecule has 0 bridgehead atoms. The molecule has 1 aliphatic heterocycles. The second-order valence-corrected chi connectivity index (χ2v) is 8.29. The zero-order valence-corrected chi connectivity index (χ0v) is 18.7. The highest BCUT2D eigenvalue weighted by Gasteiger charge is 2.22. The number of hydrogen-bond acceptors (Lipinski definition) is 7. The minimum atomic E-state index is 0.807. The molecule has 4 aromatic rings. The maximum Gasteiger partial charge on any atom is 0.205 e. The van der Waals surface area contributed by atoms with E-state index in [0.29, 0.717) is 0 Å². The van der Waals surface area contributed by atoms with Crippen LogP contribution >= 0.6 is 11.5 Å². The molecule has 0 N–H and O–H groups in total. The lowest BCUT2D eigenvalue weighted by Crippen LogP contribution is -2.45. The van der Waals surface area contributed by atoms with Crippen molar-refractivity contribution in [3.63, 3.8) is 0 Å². The third-order valence-electron chi connectivity index (χ3n) is 5.60. The molecule has 1 aliphatic rings. The van der Waals surface area contributed by atoms with Crippen LogP contribution in [-0.2, 0) is 0 Å². The molecule has 0 saturated carbocycles. The number of pyridine rings is 2. The molecule has 7 heteroatoms. The molecule has 3 aromatic heterocycles. The van der Waals surface area contributed by atoms with Crippen LogP contribution in [0.2, 0.25) is 0 Å². The molecule has 0 unspecified atom stereocenters. The zero-order valence-electron chi connectivity index (χ0n) is 17.9. The van der Waals surface area contributed by atoms with E-state index in [-0.39, 0.29) is 0 Å². The zero-order chi connectivity index (χ0) is 21.8. The summed E-state index contributed by atoms with van der Waals surface area (Å²) in [6, 6.07) is 20.2. The van der Waals surface area contributed by atoms with Crippen LogP contribution in [0.1, 0.15) is 12.5 Å². The lowest BCUT2D eigenvalue weighted by molar-refractivity contribution is 0.367. The lowest BCUT2D eigenvalue weighted by atomic mass is 10.1. The molecule has 5 rings (SSSR count). The first-order chi connectivity index (χ1) is 15.8. The first kappa shape index (κ1) is 20.3. The Kier molecular flexibility index (Phi) is 5.89. The summed E-state index contributed by atoms with van der Waals surface area (Å²) in [5, 5.41) is 0.993. The van der Waals surface area contributed by atoms with Gasteiger partial charge in [0.2, 0.25) is 5.13 Å². The van der Waals surface area contributed by atoms with Gasteiger partial charge < -0.3 is 9.80 Å². The van der Waals surface area contributed by atoms with E-state index >= 15 is 0 Å². The molecular formula is C25H24N6S. The van der Waals surface area contributed by atoms with Crippen molar-refractivity contribution in [1.82, 2.24) is 24.2 Å². The number of benzene rings is 1. The SMILES string of the molecule is C/C=C(/c1ccc(-c2ccccn2)nc1)N1CCN(c2nc(-c3ccccc3)ns2)CC1. The maximum atomic E-state index is 4.78. The quantitative estimate of drug-likeness (QED) is 0.442. The van der Waals surface area contributed by atoms with Gasteiger partial charge in [0.25, 0.3) is 0 Å². The first-order valence-electron chi connectivity index (χ1n) is 10.7. The van der Waals surface area contributed by atoms with Crippen LogP contribution in [0.5, 0.6) is 0 Å². The molecule has 1 fully saturated rings. The molecule has 0 radical (unpaired) electrons. The lowest BCUT2D eigenvalue weighted by Gasteiger charge is -2.37. The van der Waals surface area contributed by atoms with Crippen molar-refractivity contribution in [1.29, 1.82) is 0 Å². The number of piperazine rings is 1.